The fraction of sp³-hybridized carbons (Fsp3) is 0.217. The lowest BCUT2D eigenvalue weighted by molar-refractivity contribution is 0.313. The number of anilines is 2. The first kappa shape index (κ1) is 17.7. The zero-order valence-electron chi connectivity index (χ0n) is 16.6. The Bertz CT molecular complexity index is 1180. The second kappa shape index (κ2) is 7.22. The summed E-state index contributed by atoms with van der Waals surface area (Å²) < 4.78 is 7.43. The van der Waals surface area contributed by atoms with Crippen molar-refractivity contribution in [2.75, 3.05) is 26.0 Å². The van der Waals surface area contributed by atoms with Gasteiger partial charge >= 0.3 is 0 Å². The van der Waals surface area contributed by atoms with Crippen LogP contribution in [0, 0.1) is 0 Å². The Morgan fingerprint density at radius 2 is 1.93 bits per heavy atom. The minimum absolute atomic E-state index is 0.567. The summed E-state index contributed by atoms with van der Waals surface area (Å²) in [7, 11) is 3.85. The molecule has 29 heavy (non-hydrogen) atoms. The molecule has 6 heteroatoms. The van der Waals surface area contributed by atoms with Crippen LogP contribution < -0.4 is 10.1 Å². The largest absolute Gasteiger partial charge is 0.496 e. The van der Waals surface area contributed by atoms with Crippen molar-refractivity contribution in [3.63, 3.8) is 0 Å². The molecule has 0 saturated carbocycles. The van der Waals surface area contributed by atoms with Gasteiger partial charge in [-0.15, -0.1) is 5.10 Å². The molecule has 0 bridgehead atoms. The van der Waals surface area contributed by atoms with E-state index < -0.39 is 0 Å². The number of methoxy groups -OCH3 is 1. The number of nitrogens with one attached hydrogen (secondary N) is 1. The third-order valence-electron chi connectivity index (χ3n) is 5.45. The van der Waals surface area contributed by atoms with Gasteiger partial charge in [-0.25, -0.2) is 9.50 Å². The highest BCUT2D eigenvalue weighted by molar-refractivity contribution is 5.72. The normalized spacial score (nSPS) is 14.0. The summed E-state index contributed by atoms with van der Waals surface area (Å²) in [4.78, 5) is 6.84. The molecule has 0 unspecified atom stereocenters. The van der Waals surface area contributed by atoms with E-state index >= 15 is 0 Å². The van der Waals surface area contributed by atoms with E-state index in [2.05, 4.69) is 40.4 Å². The molecular weight excluding hydrogens is 362 g/mol. The van der Waals surface area contributed by atoms with E-state index in [1.807, 2.05) is 47.1 Å². The highest BCUT2D eigenvalue weighted by atomic mass is 16.5. The zero-order valence-corrected chi connectivity index (χ0v) is 16.6. The molecule has 1 aliphatic rings. The molecule has 0 aliphatic carbocycles. The number of ether oxygens (including phenoxy) is 1. The Hall–Kier alpha value is -3.38. The topological polar surface area (TPSA) is 54.7 Å². The van der Waals surface area contributed by atoms with Crippen molar-refractivity contribution in [2.24, 2.45) is 0 Å². The first-order chi connectivity index (χ1) is 14.2. The molecule has 0 fully saturated rings. The third kappa shape index (κ3) is 3.32. The number of hydrogen-bond acceptors (Lipinski definition) is 5. The summed E-state index contributed by atoms with van der Waals surface area (Å²) >= 11 is 0. The maximum atomic E-state index is 5.53. The fourth-order valence-electron chi connectivity index (χ4n) is 3.92. The van der Waals surface area contributed by atoms with E-state index in [1.54, 1.807) is 7.11 Å². The Labute approximate surface area is 169 Å². The van der Waals surface area contributed by atoms with Crippen LogP contribution in [0.5, 0.6) is 5.75 Å². The van der Waals surface area contributed by atoms with Crippen LogP contribution in [0.2, 0.25) is 0 Å². The summed E-state index contributed by atoms with van der Waals surface area (Å²) in [6.07, 6.45) is 2.90. The Morgan fingerprint density at radius 1 is 1.03 bits per heavy atom. The number of rotatable bonds is 4. The van der Waals surface area contributed by atoms with Crippen LogP contribution in [0.15, 0.2) is 60.8 Å². The van der Waals surface area contributed by atoms with E-state index in [0.717, 1.165) is 47.7 Å². The highest BCUT2D eigenvalue weighted by Gasteiger charge is 2.14. The van der Waals surface area contributed by atoms with E-state index in [9.17, 15) is 0 Å². The van der Waals surface area contributed by atoms with Crippen LogP contribution in [0.1, 0.15) is 11.1 Å². The van der Waals surface area contributed by atoms with E-state index in [-0.39, 0.29) is 0 Å². The summed E-state index contributed by atoms with van der Waals surface area (Å²) in [6, 6.07) is 18.5. The average Bonchev–Trinajstić information content (AvgIpc) is 3.17. The highest BCUT2D eigenvalue weighted by Crippen LogP contribution is 2.31. The summed E-state index contributed by atoms with van der Waals surface area (Å²) in [5, 5.41) is 8.10. The molecule has 5 rings (SSSR count). The van der Waals surface area contributed by atoms with Gasteiger partial charge in [0, 0.05) is 24.3 Å². The summed E-state index contributed by atoms with van der Waals surface area (Å²) in [5.41, 5.74) is 6.70. The van der Waals surface area contributed by atoms with Crippen LogP contribution in [-0.2, 0) is 13.0 Å². The minimum atomic E-state index is 0.567. The van der Waals surface area contributed by atoms with Crippen LogP contribution in [0.25, 0.3) is 16.8 Å². The van der Waals surface area contributed by atoms with Crippen molar-refractivity contribution in [2.45, 2.75) is 13.0 Å². The first-order valence-electron chi connectivity index (χ1n) is 9.77. The minimum Gasteiger partial charge on any atom is -0.496 e. The SMILES string of the molecule is COc1ccccc1-c1ccc2cnc(Nc3ccc4c(c3)CCN(C)C4)nn12. The maximum Gasteiger partial charge on any atom is 0.245 e. The van der Waals surface area contributed by atoms with E-state index in [4.69, 9.17) is 9.84 Å². The molecule has 0 spiro atoms. The molecule has 2 aromatic heterocycles. The molecule has 6 nitrogen and oxygen atoms in total. The van der Waals surface area contributed by atoms with E-state index in [1.165, 1.54) is 11.1 Å². The fourth-order valence-corrected chi connectivity index (χ4v) is 3.92. The molecule has 146 valence electrons. The number of hydrogen-bond donors (Lipinski definition) is 1. The number of fused-ring (bicyclic) bond motifs is 2. The molecular formula is C23H23N5O. The van der Waals surface area contributed by atoms with Crippen molar-refractivity contribution >= 4 is 17.2 Å². The Balaban J connectivity index is 1.49. The lowest BCUT2D eigenvalue weighted by Crippen LogP contribution is -2.26. The smallest absolute Gasteiger partial charge is 0.245 e. The van der Waals surface area contributed by atoms with Crippen molar-refractivity contribution in [3.05, 3.63) is 71.9 Å². The second-order valence-corrected chi connectivity index (χ2v) is 7.43. The molecule has 4 aromatic rings. The van der Waals surface area contributed by atoms with Crippen LogP contribution in [-0.4, -0.2) is 40.2 Å². The van der Waals surface area contributed by atoms with Gasteiger partial charge in [0.25, 0.3) is 0 Å². The van der Waals surface area contributed by atoms with Gasteiger partial charge in [-0.2, -0.15) is 0 Å². The van der Waals surface area contributed by atoms with Gasteiger partial charge in [-0.1, -0.05) is 18.2 Å². The molecule has 2 aromatic carbocycles. The average molecular weight is 385 g/mol. The van der Waals surface area contributed by atoms with Gasteiger partial charge < -0.3 is 15.0 Å². The lowest BCUT2D eigenvalue weighted by Gasteiger charge is -2.25. The zero-order chi connectivity index (χ0) is 19.8. The van der Waals surface area contributed by atoms with Gasteiger partial charge in [-0.05, 0) is 61.0 Å². The molecule has 0 atom stereocenters. The molecule has 0 saturated heterocycles. The van der Waals surface area contributed by atoms with Crippen molar-refractivity contribution in [3.8, 4) is 17.0 Å². The number of para-hydroxylation sites is 1. The van der Waals surface area contributed by atoms with E-state index in [0.29, 0.717) is 5.95 Å². The molecule has 0 radical (unpaired) electrons. The Kier molecular flexibility index (Phi) is 4.41. The second-order valence-electron chi connectivity index (χ2n) is 7.43. The predicted octanol–water partition coefficient (Wildman–Crippen LogP) is 4.14. The Morgan fingerprint density at radius 3 is 2.83 bits per heavy atom. The van der Waals surface area contributed by atoms with Crippen LogP contribution in [0.3, 0.4) is 0 Å². The van der Waals surface area contributed by atoms with Gasteiger partial charge in [0.2, 0.25) is 5.95 Å². The first-order valence-corrected chi connectivity index (χ1v) is 9.77. The monoisotopic (exact) mass is 385 g/mol. The van der Waals surface area contributed by atoms with Gasteiger partial charge in [0.1, 0.15) is 5.75 Å². The standard InChI is InChI=1S/C23H23N5O/c1-27-12-11-16-13-18(8-7-17(16)15-27)25-23-24-14-19-9-10-21(28(19)26-23)20-5-3-4-6-22(20)29-2/h3-10,13-14H,11-12,15H2,1-2H3,(H,25,26). The van der Waals surface area contributed by atoms with Gasteiger partial charge in [0.05, 0.1) is 24.5 Å². The van der Waals surface area contributed by atoms with Crippen LogP contribution in [0.4, 0.5) is 11.6 Å². The summed E-state index contributed by atoms with van der Waals surface area (Å²) in [5.74, 6) is 1.39. The van der Waals surface area contributed by atoms with Crippen molar-refractivity contribution < 1.29 is 4.74 Å². The molecule has 0 amide bonds. The lowest BCUT2D eigenvalue weighted by atomic mass is 9.99. The molecule has 3 heterocycles. The van der Waals surface area contributed by atoms with Crippen molar-refractivity contribution in [1.82, 2.24) is 19.5 Å². The van der Waals surface area contributed by atoms with Gasteiger partial charge in [0.15, 0.2) is 0 Å². The molecule has 1 aliphatic heterocycles. The molecule has 1 N–H and O–H groups in total. The number of likely N-dealkylation sites (N-methyl/N-ethyl adjacent to an activating group) is 1. The van der Waals surface area contributed by atoms with Crippen LogP contribution >= 0.6 is 0 Å². The van der Waals surface area contributed by atoms with Gasteiger partial charge in [-0.3, -0.25) is 0 Å². The van der Waals surface area contributed by atoms with Crippen molar-refractivity contribution in [1.29, 1.82) is 0 Å². The predicted molar refractivity (Wildman–Crippen MR) is 115 cm³/mol. The number of aromatic nitrogens is 3. The quantitative estimate of drug-likeness (QED) is 0.572. The number of benzene rings is 2. The summed E-state index contributed by atoms with van der Waals surface area (Å²) in [6.45, 7) is 2.09. The third-order valence-corrected chi connectivity index (χ3v) is 5.45. The number of nitrogens with zero attached hydrogens (tertiary/aromatic N) is 4. The maximum absolute atomic E-state index is 5.53.